The molecular formula is C51H59IrN3OSi-2. The van der Waals surface area contributed by atoms with Crippen LogP contribution in [-0.2, 0) is 38.3 Å². The number of aryl methyl sites for hydroxylation is 2. The molecule has 0 aliphatic carbocycles. The summed E-state index contributed by atoms with van der Waals surface area (Å²) in [5, 5.41) is 2.98. The first-order valence-corrected chi connectivity index (χ1v) is 23.1. The Labute approximate surface area is 362 Å². The van der Waals surface area contributed by atoms with Crippen LogP contribution in [0, 0.1) is 37.3 Å². The number of hydrogen-bond acceptors (Lipinski definition) is 4. The van der Waals surface area contributed by atoms with E-state index in [1.807, 2.05) is 77.2 Å². The van der Waals surface area contributed by atoms with Gasteiger partial charge in [0.15, 0.2) is 0 Å². The Hall–Kier alpha value is -4.22. The summed E-state index contributed by atoms with van der Waals surface area (Å²) in [6, 6.07) is 32.5. The van der Waals surface area contributed by atoms with Gasteiger partial charge in [0.25, 0.3) is 0 Å². The molecule has 0 spiro atoms. The average Bonchev–Trinajstić information content (AvgIpc) is 3.55. The SMILES string of the molecule is [2H]C([2H])(c1cc(-c2[c-]cc(C(C)(C)C)cc2)ncc1[Si](C)(C)C)C(C)C.[2H]C([2H])(c1ccnc(-c2[c-]ccc3c2oc2nc(-c4c(C)cccc4C)ccc23)c1)C(C)(C)C.[Ir]. The van der Waals surface area contributed by atoms with Gasteiger partial charge in [0, 0.05) is 48.9 Å². The minimum absolute atomic E-state index is 0. The zero-order valence-electron chi connectivity index (χ0n) is 39.8. The molecule has 7 aromatic rings. The van der Waals surface area contributed by atoms with Crippen molar-refractivity contribution in [2.45, 2.75) is 107 Å². The van der Waals surface area contributed by atoms with Crippen molar-refractivity contribution in [1.82, 2.24) is 15.0 Å². The molecular weight excluding hydrogens is 891 g/mol. The van der Waals surface area contributed by atoms with Gasteiger partial charge in [-0.15, -0.1) is 53.6 Å². The first-order chi connectivity index (χ1) is 27.8. The summed E-state index contributed by atoms with van der Waals surface area (Å²) in [6.45, 7) is 27.1. The predicted octanol–water partition coefficient (Wildman–Crippen LogP) is 13.3. The second-order valence-corrected chi connectivity index (χ2v) is 23.3. The van der Waals surface area contributed by atoms with Crippen LogP contribution >= 0.6 is 0 Å². The van der Waals surface area contributed by atoms with Crippen LogP contribution in [0.4, 0.5) is 0 Å². The van der Waals surface area contributed by atoms with Crippen LogP contribution in [0.2, 0.25) is 19.6 Å². The van der Waals surface area contributed by atoms with Gasteiger partial charge in [0.05, 0.1) is 19.4 Å². The fraction of sp³-hybridized carbons (Fsp3) is 0.353. The molecule has 7 rings (SSSR count). The molecule has 0 aliphatic rings. The Kier molecular flexibility index (Phi) is 11.6. The third-order valence-corrected chi connectivity index (χ3v) is 11.7. The number of benzene rings is 3. The first-order valence-electron chi connectivity index (χ1n) is 21.6. The van der Waals surface area contributed by atoms with Crippen LogP contribution in [0.1, 0.15) is 88.7 Å². The van der Waals surface area contributed by atoms with E-state index in [1.54, 1.807) is 18.3 Å². The zero-order chi connectivity index (χ0) is 44.2. The molecule has 0 fully saturated rings. The summed E-state index contributed by atoms with van der Waals surface area (Å²) in [4.78, 5) is 14.1. The number of fused-ring (bicyclic) bond motifs is 3. The average molecular weight is 954 g/mol. The van der Waals surface area contributed by atoms with Crippen molar-refractivity contribution >= 4 is 35.3 Å². The van der Waals surface area contributed by atoms with Gasteiger partial charge in [-0.3, -0.25) is 0 Å². The van der Waals surface area contributed by atoms with E-state index in [2.05, 4.69) is 107 Å². The fourth-order valence-corrected chi connectivity index (χ4v) is 8.33. The van der Waals surface area contributed by atoms with E-state index >= 15 is 0 Å². The summed E-state index contributed by atoms with van der Waals surface area (Å²) in [7, 11) is -1.70. The number of rotatable bonds is 7. The van der Waals surface area contributed by atoms with Crippen molar-refractivity contribution < 1.29 is 30.0 Å². The monoisotopic (exact) mass is 954 g/mol. The van der Waals surface area contributed by atoms with Gasteiger partial charge in [-0.05, 0) is 89.2 Å². The topological polar surface area (TPSA) is 51.8 Å². The van der Waals surface area contributed by atoms with E-state index in [0.29, 0.717) is 28.1 Å². The van der Waals surface area contributed by atoms with E-state index < -0.39 is 26.2 Å². The standard InChI is InChI=1S/C29H27N2O.C22H32NSi.Ir/c1-18-8-6-9-19(2)26(18)24-13-12-22-21-10-7-11-23(27(21)32-28(22)31-24)25-16-20(14-15-30-25)17-29(3,4)5;1-16(2)13-18-14-20(23-15-21(18)24(6,7)8)17-9-11-19(12-10-17)22(3,4)5;/h6-10,12-16H,17H2,1-5H3;9,11-12,14-16H,13H2,1-8H3;/q2*-1;/i17D2;13D2;. The molecule has 0 aliphatic heterocycles. The Balaban J connectivity index is 0.000000236. The van der Waals surface area contributed by atoms with E-state index in [9.17, 15) is 0 Å². The Bertz CT molecular complexity index is 2650. The van der Waals surface area contributed by atoms with Gasteiger partial charge in [0.1, 0.15) is 0 Å². The quantitative estimate of drug-likeness (QED) is 0.118. The number of nitrogens with zero attached hydrogens (tertiary/aromatic N) is 3. The molecule has 4 aromatic heterocycles. The fourth-order valence-electron chi connectivity index (χ4n) is 6.93. The van der Waals surface area contributed by atoms with Gasteiger partial charge in [-0.25, -0.2) is 4.98 Å². The normalized spacial score (nSPS) is 13.6. The van der Waals surface area contributed by atoms with Crippen molar-refractivity contribution in [1.29, 1.82) is 0 Å². The maximum atomic E-state index is 8.67. The van der Waals surface area contributed by atoms with E-state index in [0.717, 1.165) is 44.0 Å². The molecule has 0 saturated carbocycles. The van der Waals surface area contributed by atoms with Gasteiger partial charge in [0.2, 0.25) is 5.71 Å². The number of hydrogen-bond donors (Lipinski definition) is 0. The predicted molar refractivity (Wildman–Crippen MR) is 240 cm³/mol. The molecule has 0 bridgehead atoms. The van der Waals surface area contributed by atoms with Crippen LogP contribution in [0.25, 0.3) is 55.8 Å². The molecule has 299 valence electrons. The second kappa shape index (κ2) is 17.3. The molecule has 4 nitrogen and oxygen atoms in total. The van der Waals surface area contributed by atoms with E-state index in [-0.39, 0.29) is 31.4 Å². The molecule has 4 heterocycles. The van der Waals surface area contributed by atoms with Crippen molar-refractivity contribution in [3.8, 4) is 33.8 Å². The van der Waals surface area contributed by atoms with E-state index in [1.165, 1.54) is 16.7 Å². The third kappa shape index (κ3) is 10.5. The number of pyridine rings is 3. The largest absolute Gasteiger partial charge is 0.486 e. The number of aromatic nitrogens is 3. The Morgan fingerprint density at radius 2 is 1.53 bits per heavy atom. The van der Waals surface area contributed by atoms with Gasteiger partial charge >= 0.3 is 0 Å². The second-order valence-electron chi connectivity index (χ2n) is 18.2. The van der Waals surface area contributed by atoms with Crippen molar-refractivity contribution in [3.63, 3.8) is 0 Å². The minimum atomic E-state index is -1.70. The van der Waals surface area contributed by atoms with Gasteiger partial charge in [-0.1, -0.05) is 127 Å². The molecule has 0 amide bonds. The maximum Gasteiger partial charge on any atom is 0.216 e. The molecule has 0 N–H and O–H groups in total. The van der Waals surface area contributed by atoms with Crippen LogP contribution < -0.4 is 5.19 Å². The smallest absolute Gasteiger partial charge is 0.216 e. The van der Waals surface area contributed by atoms with Crippen LogP contribution in [-0.4, -0.2) is 23.0 Å². The summed E-state index contributed by atoms with van der Waals surface area (Å²) in [5.74, 6) is -0.0971. The molecule has 3 aromatic carbocycles. The molecule has 0 saturated heterocycles. The Morgan fingerprint density at radius 1 is 0.807 bits per heavy atom. The summed E-state index contributed by atoms with van der Waals surface area (Å²) >= 11 is 0. The Morgan fingerprint density at radius 3 is 2.14 bits per heavy atom. The minimum Gasteiger partial charge on any atom is -0.486 e. The molecule has 0 unspecified atom stereocenters. The maximum absolute atomic E-state index is 8.67. The molecule has 0 atom stereocenters. The van der Waals surface area contributed by atoms with Crippen LogP contribution in [0.15, 0.2) is 95.7 Å². The van der Waals surface area contributed by atoms with E-state index in [4.69, 9.17) is 14.9 Å². The van der Waals surface area contributed by atoms with Gasteiger partial charge < -0.3 is 14.4 Å². The summed E-state index contributed by atoms with van der Waals surface area (Å²) < 4.78 is 41.0. The van der Waals surface area contributed by atoms with Crippen molar-refractivity contribution in [3.05, 3.63) is 131 Å². The van der Waals surface area contributed by atoms with Gasteiger partial charge in [-0.2, -0.15) is 0 Å². The van der Waals surface area contributed by atoms with Crippen molar-refractivity contribution in [2.75, 3.05) is 0 Å². The number of furan rings is 1. The molecule has 57 heavy (non-hydrogen) atoms. The molecule has 1 radical (unpaired) electrons. The third-order valence-electron chi connectivity index (χ3n) is 9.68. The molecule has 6 heteroatoms. The summed E-state index contributed by atoms with van der Waals surface area (Å²) in [6.07, 6.45) is 0.663. The van der Waals surface area contributed by atoms with Crippen LogP contribution in [0.3, 0.4) is 0 Å². The zero-order valence-corrected chi connectivity index (χ0v) is 39.2. The summed E-state index contributed by atoms with van der Waals surface area (Å²) in [5.41, 5.74) is 10.8. The first kappa shape index (κ1) is 38.3. The van der Waals surface area contributed by atoms with Crippen LogP contribution in [0.5, 0.6) is 0 Å². The van der Waals surface area contributed by atoms with Crippen molar-refractivity contribution in [2.24, 2.45) is 11.3 Å².